The highest BCUT2D eigenvalue weighted by molar-refractivity contribution is 6.69. The number of carbonyl (C=O) groups is 1. The normalized spacial score (nSPS) is 15.0. The van der Waals surface area contributed by atoms with Gasteiger partial charge in [-0.05, 0) is 29.2 Å². The van der Waals surface area contributed by atoms with Crippen LogP contribution in [0.3, 0.4) is 0 Å². The van der Waals surface area contributed by atoms with E-state index in [4.69, 9.17) is 11.6 Å². The largest absolute Gasteiger partial charge is 0.469 e. The summed E-state index contributed by atoms with van der Waals surface area (Å²) in [6, 6.07) is 14.4. The van der Waals surface area contributed by atoms with Gasteiger partial charge < -0.3 is 5.02 Å². The van der Waals surface area contributed by atoms with Crippen molar-refractivity contribution in [1.82, 2.24) is 9.93 Å². The second-order valence-corrected chi connectivity index (χ2v) is 5.43. The van der Waals surface area contributed by atoms with Gasteiger partial charge in [-0.1, -0.05) is 41.9 Å². The van der Waals surface area contributed by atoms with E-state index in [-0.39, 0.29) is 5.91 Å². The minimum absolute atomic E-state index is 0.254. The Hall–Kier alpha value is -1.82. The zero-order valence-electron chi connectivity index (χ0n) is 11.5. The van der Waals surface area contributed by atoms with Crippen LogP contribution in [0, 0.1) is 0 Å². The van der Waals surface area contributed by atoms with Gasteiger partial charge in [-0.3, -0.25) is 9.71 Å². The highest BCUT2D eigenvalue weighted by Gasteiger charge is 2.39. The van der Waals surface area contributed by atoms with Crippen molar-refractivity contribution in [3.05, 3.63) is 64.7 Å². The second-order valence-electron chi connectivity index (χ2n) is 5.02. The molecule has 0 unspecified atom stereocenters. The van der Waals surface area contributed by atoms with Gasteiger partial charge in [0.1, 0.15) is 0 Å². The Bertz CT molecular complexity index is 681. The molecule has 0 bridgehead atoms. The van der Waals surface area contributed by atoms with Crippen molar-refractivity contribution in [3.63, 3.8) is 0 Å². The Morgan fingerprint density at radius 2 is 1.90 bits per heavy atom. The van der Waals surface area contributed by atoms with Gasteiger partial charge in [-0.2, -0.15) is 0 Å². The number of benzene rings is 2. The number of amides is 1. The summed E-state index contributed by atoms with van der Waals surface area (Å²) in [5.41, 5.74) is 2.05. The smallest absolute Gasteiger partial charge is 0.428 e. The monoisotopic (exact) mass is 300 g/mol. The van der Waals surface area contributed by atoms with Crippen molar-refractivity contribution in [1.29, 1.82) is 0 Å². The molecule has 21 heavy (non-hydrogen) atoms. The molecule has 3 rings (SSSR count). The van der Waals surface area contributed by atoms with E-state index in [0.717, 1.165) is 5.56 Å². The van der Waals surface area contributed by atoms with Crippen LogP contribution in [-0.4, -0.2) is 35.0 Å². The third-order valence-electron chi connectivity index (χ3n) is 3.63. The van der Waals surface area contributed by atoms with Gasteiger partial charge in [0.2, 0.25) is 0 Å². The maximum atomic E-state index is 12.6. The molecule has 0 fully saturated rings. The van der Waals surface area contributed by atoms with E-state index in [2.05, 4.69) is 0 Å². The average Bonchev–Trinajstić information content (AvgIpc) is 2.47. The van der Waals surface area contributed by atoms with E-state index in [1.54, 1.807) is 42.4 Å². The van der Waals surface area contributed by atoms with Gasteiger partial charge in [0, 0.05) is 24.2 Å². The first-order valence-electron chi connectivity index (χ1n) is 6.64. The Morgan fingerprint density at radius 1 is 1.19 bits per heavy atom. The van der Waals surface area contributed by atoms with Crippen LogP contribution in [0.25, 0.3) is 0 Å². The topological polar surface area (TPSA) is 43.8 Å². The molecule has 0 radical (unpaired) electrons. The van der Waals surface area contributed by atoms with Gasteiger partial charge in [-0.25, -0.2) is 5.01 Å². The molecule has 0 aromatic heterocycles. The van der Waals surface area contributed by atoms with Crippen LogP contribution in [0.5, 0.6) is 0 Å². The van der Waals surface area contributed by atoms with Crippen LogP contribution in [0.4, 0.5) is 0 Å². The van der Waals surface area contributed by atoms with E-state index >= 15 is 0 Å². The predicted molar refractivity (Wildman–Crippen MR) is 83.1 cm³/mol. The maximum Gasteiger partial charge on any atom is 0.469 e. The number of hydrogen-bond donors (Lipinski definition) is 1. The number of hydrazine groups is 1. The molecule has 2 aromatic carbocycles. The summed E-state index contributed by atoms with van der Waals surface area (Å²) in [6.45, 7) is 0.519. The molecule has 6 heteroatoms. The molecule has 1 amide bonds. The molecule has 1 heterocycles. The molecule has 106 valence electrons. The summed E-state index contributed by atoms with van der Waals surface area (Å²) in [4.78, 5) is 14.0. The lowest BCUT2D eigenvalue weighted by atomic mass is 9.68. The SMILES string of the molecule is CN1Cc2cccc(Cl)c2B(O)N1C(=O)c1ccccc1. The van der Waals surface area contributed by atoms with Gasteiger partial charge in [0.25, 0.3) is 5.91 Å². The van der Waals surface area contributed by atoms with Crippen LogP contribution >= 0.6 is 11.6 Å². The third-order valence-corrected chi connectivity index (χ3v) is 3.96. The number of nitrogens with zero attached hydrogens (tertiary/aromatic N) is 2. The van der Waals surface area contributed by atoms with E-state index in [1.165, 1.54) is 4.92 Å². The number of hydrogen-bond acceptors (Lipinski definition) is 3. The van der Waals surface area contributed by atoms with Gasteiger partial charge >= 0.3 is 7.05 Å². The van der Waals surface area contributed by atoms with Crippen LogP contribution in [0.2, 0.25) is 5.02 Å². The number of carbonyl (C=O) groups excluding carboxylic acids is 1. The lowest BCUT2D eigenvalue weighted by Gasteiger charge is -2.39. The summed E-state index contributed by atoms with van der Waals surface area (Å²) in [5.74, 6) is -0.254. The summed E-state index contributed by atoms with van der Waals surface area (Å²) in [5, 5.41) is 12.8. The van der Waals surface area contributed by atoms with Gasteiger partial charge in [0.05, 0.1) is 0 Å². The fourth-order valence-electron chi connectivity index (χ4n) is 2.62. The minimum Gasteiger partial charge on any atom is -0.428 e. The number of halogens is 1. The van der Waals surface area contributed by atoms with Crippen molar-refractivity contribution < 1.29 is 9.82 Å². The summed E-state index contributed by atoms with van der Waals surface area (Å²) in [7, 11) is 0.689. The van der Waals surface area contributed by atoms with Gasteiger partial charge in [0.15, 0.2) is 0 Å². The van der Waals surface area contributed by atoms with Crippen molar-refractivity contribution in [2.24, 2.45) is 0 Å². The quantitative estimate of drug-likeness (QED) is 0.812. The molecule has 1 aliphatic heterocycles. The summed E-state index contributed by atoms with van der Waals surface area (Å²) in [6.07, 6.45) is 0. The Labute approximate surface area is 128 Å². The molecule has 4 nitrogen and oxygen atoms in total. The van der Waals surface area contributed by atoms with E-state index in [0.29, 0.717) is 22.6 Å². The molecular formula is C15H14BClN2O2. The van der Waals surface area contributed by atoms with Crippen LogP contribution in [0.15, 0.2) is 48.5 Å². The lowest BCUT2D eigenvalue weighted by Crippen LogP contribution is -2.62. The molecule has 2 aromatic rings. The molecule has 0 saturated heterocycles. The average molecular weight is 301 g/mol. The first kappa shape index (κ1) is 14.1. The lowest BCUT2D eigenvalue weighted by molar-refractivity contribution is 0.0365. The van der Waals surface area contributed by atoms with Crippen molar-refractivity contribution >= 4 is 30.0 Å². The highest BCUT2D eigenvalue weighted by Crippen LogP contribution is 2.20. The zero-order chi connectivity index (χ0) is 15.0. The van der Waals surface area contributed by atoms with Gasteiger partial charge in [-0.15, -0.1) is 0 Å². The summed E-state index contributed by atoms with van der Waals surface area (Å²) >= 11 is 6.18. The molecule has 1 aliphatic rings. The predicted octanol–water partition coefficient (Wildman–Crippen LogP) is 1.53. The Morgan fingerprint density at radius 3 is 2.62 bits per heavy atom. The molecule has 0 spiro atoms. The van der Waals surface area contributed by atoms with Crippen LogP contribution < -0.4 is 5.46 Å². The molecule has 0 atom stereocenters. The first-order valence-corrected chi connectivity index (χ1v) is 7.02. The first-order chi connectivity index (χ1) is 10.1. The van der Waals surface area contributed by atoms with Crippen LogP contribution in [0.1, 0.15) is 15.9 Å². The second kappa shape index (κ2) is 5.52. The highest BCUT2D eigenvalue weighted by atomic mass is 35.5. The Kier molecular flexibility index (Phi) is 3.72. The fraction of sp³-hybridized carbons (Fsp3) is 0.133. The standard InChI is InChI=1S/C15H14BClN2O2/c1-18-10-12-8-5-9-13(17)14(12)16(21)19(18)15(20)11-6-3-2-4-7-11/h2-9,21H,10H2,1H3. The van der Waals surface area contributed by atoms with Crippen molar-refractivity contribution in [3.8, 4) is 0 Å². The minimum atomic E-state index is -1.08. The van der Waals surface area contributed by atoms with Crippen molar-refractivity contribution in [2.75, 3.05) is 7.05 Å². The van der Waals surface area contributed by atoms with E-state index < -0.39 is 7.05 Å². The summed E-state index contributed by atoms with van der Waals surface area (Å²) < 4.78 is 0. The maximum absolute atomic E-state index is 12.6. The number of fused-ring (bicyclic) bond motifs is 1. The Balaban J connectivity index is 2.01. The van der Waals surface area contributed by atoms with E-state index in [1.807, 2.05) is 18.2 Å². The molecule has 0 saturated carbocycles. The zero-order valence-corrected chi connectivity index (χ0v) is 12.3. The third kappa shape index (κ3) is 2.44. The van der Waals surface area contributed by atoms with Crippen molar-refractivity contribution in [2.45, 2.75) is 6.54 Å². The fourth-order valence-corrected chi connectivity index (χ4v) is 2.91. The van der Waals surface area contributed by atoms with E-state index in [9.17, 15) is 9.82 Å². The molecule has 0 aliphatic carbocycles. The molecular weight excluding hydrogens is 286 g/mol. The van der Waals surface area contributed by atoms with Crippen LogP contribution in [-0.2, 0) is 6.54 Å². The molecule has 1 N–H and O–H groups in total. The number of rotatable bonds is 1.